The summed E-state index contributed by atoms with van der Waals surface area (Å²) in [7, 11) is 1.13. The summed E-state index contributed by atoms with van der Waals surface area (Å²) in [6.07, 6.45) is -0.304. The van der Waals surface area contributed by atoms with Crippen molar-refractivity contribution in [2.75, 3.05) is 20.2 Å². The van der Waals surface area contributed by atoms with Crippen molar-refractivity contribution in [3.63, 3.8) is 0 Å². The van der Waals surface area contributed by atoms with Gasteiger partial charge in [-0.3, -0.25) is 14.9 Å². The Hall–Kier alpha value is -4.14. The molecule has 35 heavy (non-hydrogen) atoms. The second kappa shape index (κ2) is 12.4. The molecule has 0 aromatic heterocycles. The van der Waals surface area contributed by atoms with Gasteiger partial charge in [0.1, 0.15) is 11.6 Å². The third-order valence-corrected chi connectivity index (χ3v) is 5.43. The lowest BCUT2D eigenvalue weighted by molar-refractivity contribution is -0.385. The summed E-state index contributed by atoms with van der Waals surface area (Å²) in [5.41, 5.74) is -2.92. The quantitative estimate of drug-likeness (QED) is 0.127. The van der Waals surface area contributed by atoms with Gasteiger partial charge in [-0.2, -0.15) is 5.26 Å². The van der Waals surface area contributed by atoms with Gasteiger partial charge in [0.25, 0.3) is 5.91 Å². The minimum absolute atomic E-state index is 0.0420. The molecule has 1 atom stereocenters. The molecule has 12 heteroatoms. The summed E-state index contributed by atoms with van der Waals surface area (Å²) in [5.74, 6) is -3.59. The molecular formula is C23H29N3O9. The van der Waals surface area contributed by atoms with Crippen LogP contribution in [0.2, 0.25) is 0 Å². The highest BCUT2D eigenvalue weighted by molar-refractivity contribution is 6.01. The number of hydrogen-bond donors (Lipinski definition) is 1. The van der Waals surface area contributed by atoms with Crippen LogP contribution >= 0.6 is 0 Å². The lowest BCUT2D eigenvalue weighted by atomic mass is 9.87. The van der Waals surface area contributed by atoms with Crippen molar-refractivity contribution in [3.8, 4) is 17.6 Å². The number of nitro benzene ring substituents is 1. The Morgan fingerprint density at radius 2 is 1.86 bits per heavy atom. The highest BCUT2D eigenvalue weighted by Gasteiger charge is 2.46. The standard InChI is InChI=1S/C23H29N3O9/c1-7-23(14(4)5,21(29)33-6)35-22(30)34-18-12-15(11-17(19(18)27)26(31)32)10-16(13-24)20(28)25(8-2)9-3/h10-12,14,27H,7-9H2,1-6H3/b16-10+. The van der Waals surface area contributed by atoms with Crippen LogP contribution in [0.4, 0.5) is 10.5 Å². The van der Waals surface area contributed by atoms with Crippen LogP contribution in [-0.4, -0.2) is 58.8 Å². The fourth-order valence-electron chi connectivity index (χ4n) is 3.36. The van der Waals surface area contributed by atoms with Gasteiger partial charge in [0.05, 0.1) is 12.0 Å². The van der Waals surface area contributed by atoms with E-state index < -0.39 is 51.7 Å². The first-order chi connectivity index (χ1) is 16.4. The van der Waals surface area contributed by atoms with Crippen LogP contribution in [0.3, 0.4) is 0 Å². The number of nitro groups is 1. The largest absolute Gasteiger partial charge is 0.515 e. The maximum absolute atomic E-state index is 12.5. The third kappa shape index (κ3) is 6.47. The summed E-state index contributed by atoms with van der Waals surface area (Å²) in [6, 6.07) is 3.69. The first-order valence-corrected chi connectivity index (χ1v) is 10.8. The van der Waals surface area contributed by atoms with Crippen molar-refractivity contribution in [2.24, 2.45) is 5.92 Å². The lowest BCUT2D eigenvalue weighted by Gasteiger charge is -2.32. The molecule has 1 aromatic rings. The molecule has 0 aliphatic rings. The van der Waals surface area contributed by atoms with Crippen LogP contribution in [0.25, 0.3) is 6.08 Å². The Morgan fingerprint density at radius 1 is 1.26 bits per heavy atom. The van der Waals surface area contributed by atoms with E-state index in [1.165, 1.54) is 4.90 Å². The molecule has 1 amide bonds. The van der Waals surface area contributed by atoms with Crippen molar-refractivity contribution in [1.29, 1.82) is 5.26 Å². The highest BCUT2D eigenvalue weighted by atomic mass is 16.7. The van der Waals surface area contributed by atoms with E-state index in [-0.39, 0.29) is 17.6 Å². The predicted molar refractivity (Wildman–Crippen MR) is 123 cm³/mol. The second-order valence-electron chi connectivity index (χ2n) is 7.63. The number of carbonyl (C=O) groups is 3. The number of likely N-dealkylation sites (N-methyl/N-ethyl adjacent to an activating group) is 1. The molecule has 1 N–H and O–H groups in total. The number of ether oxygens (including phenoxy) is 3. The number of nitrogens with zero attached hydrogens (tertiary/aromatic N) is 3. The fourth-order valence-corrected chi connectivity index (χ4v) is 3.36. The maximum atomic E-state index is 12.5. The van der Waals surface area contributed by atoms with Crippen LogP contribution in [0.5, 0.6) is 11.5 Å². The van der Waals surface area contributed by atoms with Crippen LogP contribution in [0, 0.1) is 27.4 Å². The van der Waals surface area contributed by atoms with Crippen molar-refractivity contribution < 1.29 is 38.6 Å². The van der Waals surface area contributed by atoms with E-state index in [9.17, 15) is 34.9 Å². The van der Waals surface area contributed by atoms with Crippen LogP contribution < -0.4 is 4.74 Å². The number of aromatic hydroxyl groups is 1. The summed E-state index contributed by atoms with van der Waals surface area (Å²) in [5, 5.41) is 31.2. The molecule has 0 saturated carbocycles. The van der Waals surface area contributed by atoms with E-state index in [4.69, 9.17) is 14.2 Å². The molecule has 1 unspecified atom stereocenters. The zero-order chi connectivity index (χ0) is 26.9. The molecule has 0 heterocycles. The Balaban J connectivity index is 3.50. The Bertz CT molecular complexity index is 1060. The molecule has 0 aliphatic carbocycles. The number of carbonyl (C=O) groups excluding carboxylic acids is 3. The Kier molecular flexibility index (Phi) is 10.2. The molecule has 0 aliphatic heterocycles. The topological polar surface area (TPSA) is 169 Å². The van der Waals surface area contributed by atoms with E-state index in [0.29, 0.717) is 13.1 Å². The van der Waals surface area contributed by atoms with E-state index in [2.05, 4.69) is 0 Å². The van der Waals surface area contributed by atoms with E-state index in [1.807, 2.05) is 0 Å². The van der Waals surface area contributed by atoms with Gasteiger partial charge in [-0.05, 0) is 38.0 Å². The molecule has 12 nitrogen and oxygen atoms in total. The normalized spacial score (nSPS) is 12.8. The highest BCUT2D eigenvalue weighted by Crippen LogP contribution is 2.38. The summed E-state index contributed by atoms with van der Waals surface area (Å²) in [4.78, 5) is 49.3. The van der Waals surface area contributed by atoms with Gasteiger partial charge in [0, 0.05) is 25.1 Å². The monoisotopic (exact) mass is 491 g/mol. The number of amides is 1. The third-order valence-electron chi connectivity index (χ3n) is 5.43. The summed E-state index contributed by atoms with van der Waals surface area (Å²) < 4.78 is 15.0. The zero-order valence-electron chi connectivity index (χ0n) is 20.5. The van der Waals surface area contributed by atoms with Crippen LogP contribution in [0.1, 0.15) is 46.6 Å². The number of esters is 1. The smallest absolute Gasteiger partial charge is 0.499 e. The van der Waals surface area contributed by atoms with Crippen molar-refractivity contribution in [3.05, 3.63) is 33.4 Å². The van der Waals surface area contributed by atoms with E-state index in [0.717, 1.165) is 25.3 Å². The van der Waals surface area contributed by atoms with Gasteiger partial charge in [-0.1, -0.05) is 20.8 Å². The Morgan fingerprint density at radius 3 is 2.29 bits per heavy atom. The zero-order valence-corrected chi connectivity index (χ0v) is 20.5. The van der Waals surface area contributed by atoms with E-state index >= 15 is 0 Å². The number of rotatable bonds is 10. The molecule has 0 saturated heterocycles. The number of phenols is 1. The first kappa shape index (κ1) is 28.9. The van der Waals surface area contributed by atoms with Gasteiger partial charge in [-0.25, -0.2) is 9.59 Å². The van der Waals surface area contributed by atoms with Crippen LogP contribution in [-0.2, 0) is 19.1 Å². The van der Waals surface area contributed by atoms with Crippen molar-refractivity contribution >= 4 is 29.8 Å². The van der Waals surface area contributed by atoms with Gasteiger partial charge in [0.2, 0.25) is 11.4 Å². The minimum Gasteiger partial charge on any atom is -0.499 e. The number of phenolic OH excluding ortho intramolecular Hbond substituents is 1. The molecule has 0 spiro atoms. The van der Waals surface area contributed by atoms with Gasteiger partial charge >= 0.3 is 17.8 Å². The number of hydrogen-bond acceptors (Lipinski definition) is 10. The lowest BCUT2D eigenvalue weighted by Crippen LogP contribution is -2.48. The molecule has 1 aromatic carbocycles. The Labute approximate surface area is 202 Å². The minimum atomic E-state index is -1.70. The van der Waals surface area contributed by atoms with Crippen molar-refractivity contribution in [2.45, 2.75) is 46.6 Å². The summed E-state index contributed by atoms with van der Waals surface area (Å²) in [6.45, 7) is 8.95. The molecule has 0 bridgehead atoms. The van der Waals surface area contributed by atoms with E-state index in [1.54, 1.807) is 40.7 Å². The van der Waals surface area contributed by atoms with Gasteiger partial charge in [-0.15, -0.1) is 0 Å². The average molecular weight is 491 g/mol. The SMILES string of the molecule is CCN(CC)C(=O)/C(C#N)=C/c1cc(OC(=O)OC(CC)(C(=O)OC)C(C)C)c(O)c([N+](=O)[O-])c1. The predicted octanol–water partition coefficient (Wildman–Crippen LogP) is 3.57. The molecule has 1 rings (SSSR count). The summed E-state index contributed by atoms with van der Waals surface area (Å²) >= 11 is 0. The second-order valence-corrected chi connectivity index (χ2v) is 7.63. The first-order valence-electron chi connectivity index (χ1n) is 10.8. The average Bonchev–Trinajstić information content (AvgIpc) is 2.82. The van der Waals surface area contributed by atoms with Gasteiger partial charge < -0.3 is 24.2 Å². The molecule has 190 valence electrons. The fraction of sp³-hybridized carbons (Fsp3) is 0.478. The van der Waals surface area contributed by atoms with Crippen molar-refractivity contribution in [1.82, 2.24) is 4.90 Å². The number of nitriles is 1. The molecule has 0 radical (unpaired) electrons. The molecule has 0 fully saturated rings. The maximum Gasteiger partial charge on any atom is 0.515 e. The molecular weight excluding hydrogens is 462 g/mol. The van der Waals surface area contributed by atoms with Crippen LogP contribution in [0.15, 0.2) is 17.7 Å². The number of methoxy groups -OCH3 is 1. The van der Waals surface area contributed by atoms with Gasteiger partial charge in [0.15, 0.2) is 5.75 Å². The number of benzene rings is 1.